The summed E-state index contributed by atoms with van der Waals surface area (Å²) in [6, 6.07) is 0. The molecule has 2 N–H and O–H groups in total. The average molecular weight is 196 g/mol. The second-order valence-corrected chi connectivity index (χ2v) is 3.52. The molecular formula is C10H12O4. The molecule has 0 bridgehead atoms. The number of Topliss-reactive ketones (excluding diaryl/α,β-unsaturated/α-hetero) is 2. The van der Waals surface area contributed by atoms with Crippen molar-refractivity contribution in [2.45, 2.75) is 26.4 Å². The van der Waals surface area contributed by atoms with E-state index in [0.29, 0.717) is 17.4 Å². The van der Waals surface area contributed by atoms with Crippen molar-refractivity contribution in [2.75, 3.05) is 0 Å². The van der Waals surface area contributed by atoms with Crippen LogP contribution < -0.4 is 0 Å². The molecule has 0 aromatic heterocycles. The minimum atomic E-state index is -2.04. The Hall–Kier alpha value is -1.42. The minimum absolute atomic E-state index is 0.00731. The molecule has 0 fully saturated rings. The number of allylic oxidation sites excluding steroid dienone is 1. The summed E-state index contributed by atoms with van der Waals surface area (Å²) in [6.07, 6.45) is 0.627. The third-order valence-corrected chi connectivity index (χ3v) is 2.57. The van der Waals surface area contributed by atoms with Crippen molar-refractivity contribution >= 4 is 11.6 Å². The number of aliphatic hydroxyl groups excluding tert-OH is 1. The second kappa shape index (κ2) is 3.06. The van der Waals surface area contributed by atoms with Crippen molar-refractivity contribution in [1.82, 2.24) is 0 Å². The fourth-order valence-electron chi connectivity index (χ4n) is 1.43. The Morgan fingerprint density at radius 1 is 1.14 bits per heavy atom. The van der Waals surface area contributed by atoms with Crippen LogP contribution in [-0.2, 0) is 9.59 Å². The number of carbonyl (C=O) groups excluding carboxylic acids is 2. The van der Waals surface area contributed by atoms with Crippen LogP contribution in [-0.4, -0.2) is 27.4 Å². The third-order valence-electron chi connectivity index (χ3n) is 2.57. The molecule has 0 aromatic carbocycles. The summed E-state index contributed by atoms with van der Waals surface area (Å²) in [5, 5.41) is 18.4. The van der Waals surface area contributed by atoms with Gasteiger partial charge in [-0.25, -0.2) is 0 Å². The minimum Gasteiger partial charge on any atom is -0.515 e. The first-order valence-electron chi connectivity index (χ1n) is 4.18. The molecule has 1 unspecified atom stereocenters. The van der Waals surface area contributed by atoms with E-state index < -0.39 is 17.2 Å². The fraction of sp³-hybridized carbons (Fsp3) is 0.400. The van der Waals surface area contributed by atoms with Crippen LogP contribution in [0.2, 0.25) is 0 Å². The van der Waals surface area contributed by atoms with Crippen molar-refractivity contribution in [3.8, 4) is 0 Å². The normalized spacial score (nSPS) is 31.6. The van der Waals surface area contributed by atoms with E-state index in [4.69, 9.17) is 5.11 Å². The monoisotopic (exact) mass is 196 g/mol. The zero-order chi connectivity index (χ0) is 11.1. The van der Waals surface area contributed by atoms with Gasteiger partial charge in [0, 0.05) is 0 Å². The maximum Gasteiger partial charge on any atom is 0.205 e. The van der Waals surface area contributed by atoms with Crippen LogP contribution in [0.3, 0.4) is 0 Å². The van der Waals surface area contributed by atoms with Crippen LogP contribution in [0.1, 0.15) is 20.8 Å². The highest BCUT2D eigenvalue weighted by Gasteiger charge is 2.45. The van der Waals surface area contributed by atoms with E-state index >= 15 is 0 Å². The van der Waals surface area contributed by atoms with Gasteiger partial charge in [0.1, 0.15) is 0 Å². The molecule has 4 nitrogen and oxygen atoms in total. The lowest BCUT2D eigenvalue weighted by atomic mass is 9.78. The summed E-state index contributed by atoms with van der Waals surface area (Å²) in [7, 11) is 0. The number of ketones is 2. The number of hydrogen-bond acceptors (Lipinski definition) is 4. The first-order valence-corrected chi connectivity index (χ1v) is 4.18. The molecule has 1 atom stereocenters. The van der Waals surface area contributed by atoms with Crippen LogP contribution in [0.4, 0.5) is 0 Å². The molecule has 0 saturated heterocycles. The summed E-state index contributed by atoms with van der Waals surface area (Å²) >= 11 is 0. The lowest BCUT2D eigenvalue weighted by Crippen LogP contribution is -2.48. The molecule has 1 rings (SSSR count). The molecule has 14 heavy (non-hydrogen) atoms. The van der Waals surface area contributed by atoms with Gasteiger partial charge in [-0.3, -0.25) is 9.59 Å². The first kappa shape index (κ1) is 10.7. The van der Waals surface area contributed by atoms with E-state index in [1.165, 1.54) is 6.92 Å². The summed E-state index contributed by atoms with van der Waals surface area (Å²) < 4.78 is 0. The Bertz CT molecular complexity index is 372. The third kappa shape index (κ3) is 1.19. The molecular weight excluding hydrogens is 184 g/mol. The summed E-state index contributed by atoms with van der Waals surface area (Å²) in [6.45, 7) is 4.21. The van der Waals surface area contributed by atoms with Gasteiger partial charge in [0.2, 0.25) is 5.78 Å². The van der Waals surface area contributed by atoms with Crippen molar-refractivity contribution < 1.29 is 19.8 Å². The zero-order valence-corrected chi connectivity index (χ0v) is 8.29. The Labute approximate surface area is 81.6 Å². The van der Waals surface area contributed by atoms with Crippen LogP contribution in [0, 0.1) is 0 Å². The predicted molar refractivity (Wildman–Crippen MR) is 49.7 cm³/mol. The van der Waals surface area contributed by atoms with Crippen LogP contribution in [0.5, 0.6) is 0 Å². The summed E-state index contributed by atoms with van der Waals surface area (Å²) in [4.78, 5) is 23.0. The summed E-state index contributed by atoms with van der Waals surface area (Å²) in [5.41, 5.74) is -1.34. The molecule has 0 spiro atoms. The van der Waals surface area contributed by atoms with Gasteiger partial charge in [-0.2, -0.15) is 0 Å². The van der Waals surface area contributed by atoms with Crippen molar-refractivity contribution in [2.24, 2.45) is 0 Å². The highest BCUT2D eigenvalue weighted by molar-refractivity contribution is 6.26. The van der Waals surface area contributed by atoms with E-state index in [1.54, 1.807) is 6.92 Å². The van der Waals surface area contributed by atoms with E-state index in [2.05, 4.69) is 0 Å². The number of aliphatic hydroxyl groups is 2. The molecule has 0 saturated carbocycles. The molecule has 0 amide bonds. The predicted octanol–water partition coefficient (Wildman–Crippen LogP) is 0.667. The van der Waals surface area contributed by atoms with Crippen LogP contribution in [0.15, 0.2) is 23.0 Å². The molecule has 0 radical (unpaired) electrons. The van der Waals surface area contributed by atoms with Gasteiger partial charge < -0.3 is 10.2 Å². The zero-order valence-electron chi connectivity index (χ0n) is 8.29. The lowest BCUT2D eigenvalue weighted by Gasteiger charge is -2.27. The molecule has 0 aromatic rings. The number of rotatable bonds is 0. The van der Waals surface area contributed by atoms with Crippen LogP contribution >= 0.6 is 0 Å². The largest absolute Gasteiger partial charge is 0.515 e. The van der Waals surface area contributed by atoms with Gasteiger partial charge in [-0.05, 0) is 31.9 Å². The Kier molecular flexibility index (Phi) is 2.33. The van der Waals surface area contributed by atoms with E-state index in [9.17, 15) is 14.7 Å². The quantitative estimate of drug-likeness (QED) is 0.339. The molecule has 76 valence electrons. The fourth-order valence-corrected chi connectivity index (χ4v) is 1.43. The molecule has 1 aliphatic rings. The van der Waals surface area contributed by atoms with Crippen molar-refractivity contribution in [3.63, 3.8) is 0 Å². The maximum atomic E-state index is 11.5. The molecule has 1 aliphatic carbocycles. The highest BCUT2D eigenvalue weighted by Crippen LogP contribution is 2.29. The standard InChI is InChI=1S/C10H12O4/c1-5-6(2)8(12)10(3,14)9(13)7(5)4-11/h4,11,14H,1-3H3/b7-4-. The average Bonchev–Trinajstić information content (AvgIpc) is 2.14. The highest BCUT2D eigenvalue weighted by atomic mass is 16.3. The van der Waals surface area contributed by atoms with Crippen molar-refractivity contribution in [1.29, 1.82) is 0 Å². The Balaban J connectivity index is 3.46. The topological polar surface area (TPSA) is 74.6 Å². The van der Waals surface area contributed by atoms with Gasteiger partial charge in [0.05, 0.1) is 11.8 Å². The van der Waals surface area contributed by atoms with Gasteiger partial charge >= 0.3 is 0 Å². The van der Waals surface area contributed by atoms with Crippen LogP contribution in [0.25, 0.3) is 0 Å². The second-order valence-electron chi connectivity index (χ2n) is 3.52. The van der Waals surface area contributed by atoms with E-state index in [1.807, 2.05) is 0 Å². The molecule has 4 heteroatoms. The molecule has 0 aliphatic heterocycles. The maximum absolute atomic E-state index is 11.5. The van der Waals surface area contributed by atoms with Gasteiger partial charge in [0.15, 0.2) is 11.4 Å². The lowest BCUT2D eigenvalue weighted by molar-refractivity contribution is -0.144. The Morgan fingerprint density at radius 3 is 2.07 bits per heavy atom. The SMILES string of the molecule is CC1=C(C)/C(=C/O)C(=O)C(C)(O)C1=O. The molecule has 0 heterocycles. The van der Waals surface area contributed by atoms with E-state index in [0.717, 1.165) is 6.92 Å². The van der Waals surface area contributed by atoms with E-state index in [-0.39, 0.29) is 5.57 Å². The van der Waals surface area contributed by atoms with Gasteiger partial charge in [-0.1, -0.05) is 0 Å². The smallest absolute Gasteiger partial charge is 0.205 e. The van der Waals surface area contributed by atoms with Gasteiger partial charge in [-0.15, -0.1) is 0 Å². The number of hydrogen-bond donors (Lipinski definition) is 2. The summed E-state index contributed by atoms with van der Waals surface area (Å²) in [5.74, 6) is -1.36. The van der Waals surface area contributed by atoms with Gasteiger partial charge in [0.25, 0.3) is 0 Å². The number of carbonyl (C=O) groups is 2. The first-order chi connectivity index (χ1) is 6.34. The van der Waals surface area contributed by atoms with Crippen molar-refractivity contribution in [3.05, 3.63) is 23.0 Å². The Morgan fingerprint density at radius 2 is 1.64 bits per heavy atom.